The fourth-order valence-electron chi connectivity index (χ4n) is 3.02. The Balaban J connectivity index is 1.95. The third-order valence-corrected chi connectivity index (χ3v) is 4.39. The lowest BCUT2D eigenvalue weighted by Crippen LogP contribution is -2.49. The molecule has 2 unspecified atom stereocenters. The quantitative estimate of drug-likeness (QED) is 0.864. The third kappa shape index (κ3) is 4.70. The first-order valence-electron chi connectivity index (χ1n) is 8.20. The van der Waals surface area contributed by atoms with Gasteiger partial charge < -0.3 is 10.4 Å². The van der Waals surface area contributed by atoms with Gasteiger partial charge in [-0.1, -0.05) is 25.5 Å². The Morgan fingerprint density at radius 2 is 2.17 bits per heavy atom. The van der Waals surface area contributed by atoms with Crippen LogP contribution in [0, 0.1) is 0 Å². The van der Waals surface area contributed by atoms with Gasteiger partial charge in [-0.2, -0.15) is 13.2 Å². The van der Waals surface area contributed by atoms with Crippen molar-refractivity contribution in [1.29, 1.82) is 0 Å². The van der Waals surface area contributed by atoms with E-state index in [4.69, 9.17) is 0 Å². The number of nitrogens with zero attached hydrogens (tertiary/aromatic N) is 1. The number of benzene rings is 1. The summed E-state index contributed by atoms with van der Waals surface area (Å²) >= 11 is 0. The van der Waals surface area contributed by atoms with Crippen LogP contribution in [0.4, 0.5) is 13.2 Å². The van der Waals surface area contributed by atoms with E-state index in [1.807, 2.05) is 6.92 Å². The van der Waals surface area contributed by atoms with Crippen molar-refractivity contribution in [2.45, 2.75) is 44.5 Å². The fraction of sp³-hybridized carbons (Fsp3) is 0.588. The number of alkyl halides is 3. The molecule has 1 aromatic carbocycles. The lowest BCUT2D eigenvalue weighted by atomic mass is 10.0. The van der Waals surface area contributed by atoms with E-state index in [0.717, 1.165) is 44.5 Å². The molecule has 2 atom stereocenters. The van der Waals surface area contributed by atoms with Crippen LogP contribution in [0.25, 0.3) is 0 Å². The summed E-state index contributed by atoms with van der Waals surface area (Å²) in [6.45, 7) is 3.52. The molecule has 0 saturated carbocycles. The molecular formula is C17H23F3N2O2. The van der Waals surface area contributed by atoms with Crippen LogP contribution >= 0.6 is 0 Å². The monoisotopic (exact) mass is 344 g/mol. The van der Waals surface area contributed by atoms with Crippen molar-refractivity contribution in [2.24, 2.45) is 0 Å². The van der Waals surface area contributed by atoms with Crippen LogP contribution in [0.3, 0.4) is 0 Å². The number of aliphatic hydroxyl groups is 1. The smallest absolute Gasteiger partial charge is 0.387 e. The third-order valence-electron chi connectivity index (χ3n) is 4.39. The molecule has 134 valence electrons. The van der Waals surface area contributed by atoms with Crippen molar-refractivity contribution in [3.05, 3.63) is 35.4 Å². The molecular weight excluding hydrogens is 321 g/mol. The highest BCUT2D eigenvalue weighted by molar-refractivity contribution is 5.81. The molecule has 0 spiro atoms. The van der Waals surface area contributed by atoms with Gasteiger partial charge >= 0.3 is 6.18 Å². The van der Waals surface area contributed by atoms with Crippen LogP contribution in [-0.2, 0) is 11.0 Å². The first-order chi connectivity index (χ1) is 11.3. The van der Waals surface area contributed by atoms with E-state index in [-0.39, 0.29) is 24.1 Å². The first kappa shape index (κ1) is 18.7. The fourth-order valence-corrected chi connectivity index (χ4v) is 3.02. The van der Waals surface area contributed by atoms with Crippen LogP contribution in [-0.4, -0.2) is 41.6 Å². The summed E-state index contributed by atoms with van der Waals surface area (Å²) in [6, 6.07) is 4.32. The molecule has 2 N–H and O–H groups in total. The van der Waals surface area contributed by atoms with Crippen LogP contribution < -0.4 is 5.32 Å². The van der Waals surface area contributed by atoms with Gasteiger partial charge in [0.1, 0.15) is 0 Å². The normalized spacial score (nSPS) is 20.6. The highest BCUT2D eigenvalue weighted by Crippen LogP contribution is 2.30. The highest BCUT2D eigenvalue weighted by Gasteiger charge is 2.31. The summed E-state index contributed by atoms with van der Waals surface area (Å²) in [5, 5.41) is 12.7. The van der Waals surface area contributed by atoms with E-state index in [9.17, 15) is 23.1 Å². The minimum atomic E-state index is -4.46. The Morgan fingerprint density at radius 3 is 2.83 bits per heavy atom. The number of likely N-dealkylation sites (N-methyl/N-ethyl adjacent to an activating group) is 1. The molecule has 1 aliphatic rings. The van der Waals surface area contributed by atoms with E-state index < -0.39 is 17.8 Å². The number of halogens is 3. The molecule has 4 nitrogen and oxygen atoms in total. The molecule has 1 fully saturated rings. The second kappa shape index (κ2) is 7.98. The summed E-state index contributed by atoms with van der Waals surface area (Å²) in [4.78, 5) is 14.4. The molecule has 0 radical (unpaired) electrons. The number of carbonyl (C=O) groups excluding carboxylic acids is 1. The highest BCUT2D eigenvalue weighted by atomic mass is 19.4. The van der Waals surface area contributed by atoms with Gasteiger partial charge in [-0.15, -0.1) is 0 Å². The minimum Gasteiger partial charge on any atom is -0.387 e. The Bertz CT molecular complexity index is 563. The molecule has 1 amide bonds. The van der Waals surface area contributed by atoms with E-state index in [0.29, 0.717) is 0 Å². The molecule has 2 rings (SSSR count). The van der Waals surface area contributed by atoms with Crippen molar-refractivity contribution in [2.75, 3.05) is 19.6 Å². The van der Waals surface area contributed by atoms with Crippen molar-refractivity contribution < 1.29 is 23.1 Å². The molecule has 1 saturated heterocycles. The number of piperidine rings is 1. The molecule has 1 aromatic rings. The lowest BCUT2D eigenvalue weighted by Gasteiger charge is -2.33. The summed E-state index contributed by atoms with van der Waals surface area (Å²) in [7, 11) is 0. The Kier molecular flexibility index (Phi) is 6.23. The summed E-state index contributed by atoms with van der Waals surface area (Å²) in [5.41, 5.74) is -0.670. The van der Waals surface area contributed by atoms with Gasteiger partial charge in [0.25, 0.3) is 0 Å². The second-order valence-corrected chi connectivity index (χ2v) is 6.02. The molecule has 1 heterocycles. The van der Waals surface area contributed by atoms with Crippen molar-refractivity contribution in [3.63, 3.8) is 0 Å². The maximum absolute atomic E-state index is 12.7. The Morgan fingerprint density at radius 1 is 1.42 bits per heavy atom. The van der Waals surface area contributed by atoms with Crippen LogP contribution in [0.2, 0.25) is 0 Å². The van der Waals surface area contributed by atoms with Crippen molar-refractivity contribution in [1.82, 2.24) is 10.2 Å². The Labute approximate surface area is 139 Å². The van der Waals surface area contributed by atoms with Gasteiger partial charge in [-0.05, 0) is 43.6 Å². The van der Waals surface area contributed by atoms with Gasteiger partial charge in [0, 0.05) is 6.54 Å². The Hall–Kier alpha value is -1.60. The number of amides is 1. The molecule has 24 heavy (non-hydrogen) atoms. The number of rotatable bonds is 5. The maximum Gasteiger partial charge on any atom is 0.416 e. The van der Waals surface area contributed by atoms with Gasteiger partial charge in [0.2, 0.25) is 5.91 Å². The number of hydrogen-bond donors (Lipinski definition) is 2. The number of carbonyl (C=O) groups is 1. The number of hydrogen-bond acceptors (Lipinski definition) is 3. The summed E-state index contributed by atoms with van der Waals surface area (Å²) in [5.74, 6) is -0.178. The van der Waals surface area contributed by atoms with Gasteiger partial charge in [0.15, 0.2) is 0 Å². The van der Waals surface area contributed by atoms with E-state index >= 15 is 0 Å². The second-order valence-electron chi connectivity index (χ2n) is 6.02. The lowest BCUT2D eigenvalue weighted by molar-refractivity contribution is -0.137. The van der Waals surface area contributed by atoms with E-state index in [2.05, 4.69) is 10.2 Å². The number of aliphatic hydroxyl groups excluding tert-OH is 1. The standard InChI is InChI=1S/C17H23F3N2O2/c1-2-22-9-4-3-8-14(22)16(24)21-11-15(23)12-6-5-7-13(10-12)17(18,19)20/h5-7,10,14-15,23H,2-4,8-9,11H2,1H3,(H,21,24). The molecule has 0 aliphatic carbocycles. The van der Waals surface area contributed by atoms with E-state index in [1.165, 1.54) is 12.1 Å². The topological polar surface area (TPSA) is 52.6 Å². The van der Waals surface area contributed by atoms with Crippen molar-refractivity contribution in [3.8, 4) is 0 Å². The first-order valence-corrected chi connectivity index (χ1v) is 8.20. The van der Waals surface area contributed by atoms with Gasteiger partial charge in [-0.25, -0.2) is 0 Å². The molecule has 0 bridgehead atoms. The maximum atomic E-state index is 12.7. The SMILES string of the molecule is CCN1CCCCC1C(=O)NCC(O)c1cccc(C(F)(F)F)c1. The molecule has 7 heteroatoms. The zero-order chi connectivity index (χ0) is 17.7. The van der Waals surface area contributed by atoms with Crippen LogP contribution in [0.15, 0.2) is 24.3 Å². The minimum absolute atomic E-state index is 0.103. The van der Waals surface area contributed by atoms with Crippen molar-refractivity contribution >= 4 is 5.91 Å². The van der Waals surface area contributed by atoms with Gasteiger partial charge in [0.05, 0.1) is 17.7 Å². The average molecular weight is 344 g/mol. The van der Waals surface area contributed by atoms with E-state index in [1.54, 1.807) is 0 Å². The average Bonchev–Trinajstić information content (AvgIpc) is 2.58. The zero-order valence-electron chi connectivity index (χ0n) is 13.6. The summed E-state index contributed by atoms with van der Waals surface area (Å²) < 4.78 is 38.1. The predicted molar refractivity (Wildman–Crippen MR) is 84.3 cm³/mol. The number of likely N-dealkylation sites (tertiary alicyclic amines) is 1. The van der Waals surface area contributed by atoms with Gasteiger partial charge in [-0.3, -0.25) is 9.69 Å². The zero-order valence-corrected chi connectivity index (χ0v) is 13.6. The van der Waals surface area contributed by atoms with Crippen LogP contribution in [0.5, 0.6) is 0 Å². The predicted octanol–water partition coefficient (Wildman–Crippen LogP) is 2.73. The molecule has 0 aromatic heterocycles. The summed E-state index contributed by atoms with van der Waals surface area (Å²) in [6.07, 6.45) is -2.83. The number of nitrogens with one attached hydrogen (secondary N) is 1. The van der Waals surface area contributed by atoms with Crippen LogP contribution in [0.1, 0.15) is 43.4 Å². The molecule has 1 aliphatic heterocycles. The largest absolute Gasteiger partial charge is 0.416 e.